The lowest BCUT2D eigenvalue weighted by molar-refractivity contribution is -0.117. The van der Waals surface area contributed by atoms with Gasteiger partial charge in [-0.25, -0.2) is 4.98 Å². The Morgan fingerprint density at radius 2 is 1.83 bits per heavy atom. The van der Waals surface area contributed by atoms with E-state index in [9.17, 15) is 4.79 Å². The van der Waals surface area contributed by atoms with E-state index in [1.807, 2.05) is 53.4 Å². The van der Waals surface area contributed by atoms with Gasteiger partial charge in [0.2, 0.25) is 12.7 Å². The van der Waals surface area contributed by atoms with E-state index in [-0.39, 0.29) is 18.6 Å². The zero-order chi connectivity index (χ0) is 24.6. The summed E-state index contributed by atoms with van der Waals surface area (Å²) in [7, 11) is 0. The van der Waals surface area contributed by atoms with Crippen LogP contribution in [0.5, 0.6) is 17.2 Å². The number of para-hydroxylation sites is 2. The summed E-state index contributed by atoms with van der Waals surface area (Å²) in [5.74, 6) is 3.73. The number of hydrogen-bond acceptors (Lipinski definition) is 5. The minimum Gasteiger partial charge on any atom is -0.492 e. The number of imidazole rings is 1. The van der Waals surface area contributed by atoms with Crippen molar-refractivity contribution in [3.8, 4) is 17.2 Å². The minimum atomic E-state index is -0.0133. The fourth-order valence-corrected chi connectivity index (χ4v) is 5.03. The highest BCUT2D eigenvalue weighted by atomic mass is 16.7. The van der Waals surface area contributed by atoms with Gasteiger partial charge in [-0.3, -0.25) is 4.79 Å². The van der Waals surface area contributed by atoms with Crippen LogP contribution in [0.2, 0.25) is 0 Å². The topological polar surface area (TPSA) is 65.8 Å². The lowest BCUT2D eigenvalue weighted by atomic mass is 10.0. The van der Waals surface area contributed by atoms with Crippen LogP contribution in [0.1, 0.15) is 43.5 Å². The molecule has 7 heteroatoms. The molecule has 1 aromatic heterocycles. The van der Waals surface area contributed by atoms with E-state index in [1.54, 1.807) is 0 Å². The standard InChI is InChI=1S/C29H29N3O4/c1-19(2)20-7-10-23(11-8-20)34-14-13-31-25-6-4-3-5-24(25)30-29(31)21-15-28(33)32(17-21)22-9-12-26-27(16-22)36-18-35-26/h3-12,16,19,21H,13-15,17-18H2,1-2H3. The molecular formula is C29H29N3O4. The van der Waals surface area contributed by atoms with Crippen LogP contribution < -0.4 is 19.1 Å². The van der Waals surface area contributed by atoms with Gasteiger partial charge in [0.15, 0.2) is 11.5 Å². The molecule has 4 aromatic rings. The van der Waals surface area contributed by atoms with E-state index in [0.717, 1.165) is 28.3 Å². The Bertz CT molecular complexity index is 1410. The van der Waals surface area contributed by atoms with Crippen molar-refractivity contribution in [1.29, 1.82) is 0 Å². The number of aromatic nitrogens is 2. The van der Waals surface area contributed by atoms with Crippen LogP contribution in [0.15, 0.2) is 66.7 Å². The molecule has 0 aliphatic carbocycles. The van der Waals surface area contributed by atoms with E-state index in [2.05, 4.69) is 36.6 Å². The largest absolute Gasteiger partial charge is 0.492 e. The first-order chi connectivity index (χ1) is 17.6. The van der Waals surface area contributed by atoms with Crippen LogP contribution >= 0.6 is 0 Å². The number of anilines is 1. The molecule has 3 heterocycles. The highest BCUT2D eigenvalue weighted by Gasteiger charge is 2.35. The Morgan fingerprint density at radius 3 is 2.67 bits per heavy atom. The average Bonchev–Trinajstić information content (AvgIpc) is 3.61. The number of ether oxygens (including phenoxy) is 3. The third kappa shape index (κ3) is 4.15. The monoisotopic (exact) mass is 483 g/mol. The molecule has 2 aliphatic heterocycles. The zero-order valence-corrected chi connectivity index (χ0v) is 20.5. The second-order valence-electron chi connectivity index (χ2n) is 9.63. The second-order valence-corrected chi connectivity index (χ2v) is 9.63. The molecule has 36 heavy (non-hydrogen) atoms. The van der Waals surface area contributed by atoms with E-state index in [1.165, 1.54) is 5.56 Å². The van der Waals surface area contributed by atoms with E-state index in [0.29, 0.717) is 43.5 Å². The van der Waals surface area contributed by atoms with Gasteiger partial charge >= 0.3 is 0 Å². The lowest BCUT2D eigenvalue weighted by Crippen LogP contribution is -2.24. The number of carbonyl (C=O) groups excluding carboxylic acids is 1. The third-order valence-corrected chi connectivity index (χ3v) is 6.97. The van der Waals surface area contributed by atoms with Gasteiger partial charge in [0.05, 0.1) is 17.6 Å². The van der Waals surface area contributed by atoms with Gasteiger partial charge in [0.25, 0.3) is 0 Å². The molecular weight excluding hydrogens is 454 g/mol. The molecule has 0 N–H and O–H groups in total. The van der Waals surface area contributed by atoms with Crippen molar-refractivity contribution in [2.75, 3.05) is 24.8 Å². The van der Waals surface area contributed by atoms with E-state index in [4.69, 9.17) is 19.2 Å². The molecule has 3 aromatic carbocycles. The maximum Gasteiger partial charge on any atom is 0.231 e. The molecule has 184 valence electrons. The first-order valence-electron chi connectivity index (χ1n) is 12.4. The number of nitrogens with zero attached hydrogens (tertiary/aromatic N) is 3. The first kappa shape index (κ1) is 22.5. The van der Waals surface area contributed by atoms with Crippen molar-refractivity contribution >= 4 is 22.6 Å². The quantitative estimate of drug-likeness (QED) is 0.348. The smallest absolute Gasteiger partial charge is 0.231 e. The molecule has 0 spiro atoms. The Labute approximate surface area is 210 Å². The molecule has 0 saturated carbocycles. The summed E-state index contributed by atoms with van der Waals surface area (Å²) in [6.07, 6.45) is 0.412. The molecule has 6 rings (SSSR count). The molecule has 1 unspecified atom stereocenters. The maximum atomic E-state index is 13.1. The predicted molar refractivity (Wildman–Crippen MR) is 138 cm³/mol. The number of rotatable bonds is 7. The minimum absolute atomic E-state index is 0.0133. The van der Waals surface area contributed by atoms with Crippen LogP contribution in [0, 0.1) is 0 Å². The Hall–Kier alpha value is -4.00. The Morgan fingerprint density at radius 1 is 1.03 bits per heavy atom. The normalized spacial score (nSPS) is 16.9. The van der Waals surface area contributed by atoms with Gasteiger partial charge in [-0.05, 0) is 47.9 Å². The molecule has 0 radical (unpaired) electrons. The summed E-state index contributed by atoms with van der Waals surface area (Å²) in [4.78, 5) is 19.8. The average molecular weight is 484 g/mol. The van der Waals surface area contributed by atoms with Crippen molar-refractivity contribution in [1.82, 2.24) is 9.55 Å². The van der Waals surface area contributed by atoms with Crippen molar-refractivity contribution in [2.24, 2.45) is 0 Å². The molecule has 1 atom stereocenters. The first-order valence-corrected chi connectivity index (χ1v) is 12.4. The van der Waals surface area contributed by atoms with E-state index < -0.39 is 0 Å². The molecule has 1 saturated heterocycles. The summed E-state index contributed by atoms with van der Waals surface area (Å²) in [6.45, 7) is 6.31. The fourth-order valence-electron chi connectivity index (χ4n) is 5.03. The predicted octanol–water partition coefficient (Wildman–Crippen LogP) is 5.49. The summed E-state index contributed by atoms with van der Waals surface area (Å²) < 4.78 is 19.2. The molecule has 0 bridgehead atoms. The number of hydrogen-bond donors (Lipinski definition) is 0. The van der Waals surface area contributed by atoms with Crippen LogP contribution in [0.25, 0.3) is 11.0 Å². The van der Waals surface area contributed by atoms with Crippen molar-refractivity contribution in [3.05, 3.63) is 78.1 Å². The Kier molecular flexibility index (Phi) is 5.76. The maximum absolute atomic E-state index is 13.1. The molecule has 1 fully saturated rings. The van der Waals surface area contributed by atoms with Gasteiger partial charge in [-0.15, -0.1) is 0 Å². The van der Waals surface area contributed by atoms with E-state index >= 15 is 0 Å². The number of carbonyl (C=O) groups is 1. The summed E-state index contributed by atoms with van der Waals surface area (Å²) in [5.41, 5.74) is 4.11. The number of fused-ring (bicyclic) bond motifs is 2. The van der Waals surface area contributed by atoms with Gasteiger partial charge < -0.3 is 23.7 Å². The van der Waals surface area contributed by atoms with Crippen LogP contribution in [0.4, 0.5) is 5.69 Å². The third-order valence-electron chi connectivity index (χ3n) is 6.97. The lowest BCUT2D eigenvalue weighted by Gasteiger charge is -2.18. The van der Waals surface area contributed by atoms with Crippen LogP contribution in [-0.2, 0) is 11.3 Å². The van der Waals surface area contributed by atoms with Crippen molar-refractivity contribution < 1.29 is 19.0 Å². The van der Waals surface area contributed by atoms with Crippen LogP contribution in [-0.4, -0.2) is 35.4 Å². The van der Waals surface area contributed by atoms with Crippen molar-refractivity contribution in [2.45, 2.75) is 38.6 Å². The van der Waals surface area contributed by atoms with Gasteiger partial charge in [0, 0.05) is 30.6 Å². The van der Waals surface area contributed by atoms with Crippen LogP contribution in [0.3, 0.4) is 0 Å². The summed E-state index contributed by atoms with van der Waals surface area (Å²) >= 11 is 0. The van der Waals surface area contributed by atoms with Gasteiger partial charge in [0.1, 0.15) is 18.2 Å². The number of benzene rings is 3. The molecule has 1 amide bonds. The van der Waals surface area contributed by atoms with Gasteiger partial charge in [-0.2, -0.15) is 0 Å². The Balaban J connectivity index is 1.22. The van der Waals surface area contributed by atoms with Gasteiger partial charge in [-0.1, -0.05) is 38.1 Å². The summed E-state index contributed by atoms with van der Waals surface area (Å²) in [6, 6.07) is 22.1. The summed E-state index contributed by atoms with van der Waals surface area (Å²) in [5, 5.41) is 0. The highest BCUT2D eigenvalue weighted by Crippen LogP contribution is 2.39. The molecule has 7 nitrogen and oxygen atoms in total. The fraction of sp³-hybridized carbons (Fsp3) is 0.310. The molecule has 2 aliphatic rings. The second kappa shape index (κ2) is 9.22. The number of amides is 1. The zero-order valence-electron chi connectivity index (χ0n) is 20.5. The van der Waals surface area contributed by atoms with Crippen molar-refractivity contribution in [3.63, 3.8) is 0 Å². The SMILES string of the molecule is CC(C)c1ccc(OCCn2c(C3CC(=O)N(c4ccc5c(c4)OCO5)C3)nc3ccccc32)cc1. The highest BCUT2D eigenvalue weighted by molar-refractivity contribution is 5.97.